The molecule has 3 aliphatic rings. The zero-order valence-corrected chi connectivity index (χ0v) is 21.9. The van der Waals surface area contributed by atoms with Crippen LogP contribution in [-0.2, 0) is 20.7 Å². The van der Waals surface area contributed by atoms with E-state index in [1.807, 2.05) is 12.1 Å². The molecule has 2 fully saturated rings. The minimum atomic E-state index is -0.294. The average Bonchev–Trinajstić information content (AvgIpc) is 3.13. The molecule has 0 aliphatic heterocycles. The fourth-order valence-corrected chi connectivity index (χ4v) is 7.26. The Morgan fingerprint density at radius 2 is 1.77 bits per heavy atom. The van der Waals surface area contributed by atoms with Crippen molar-refractivity contribution in [1.82, 2.24) is 0 Å². The first-order valence-corrected chi connectivity index (χ1v) is 14.1. The van der Waals surface area contributed by atoms with Crippen LogP contribution in [0.25, 0.3) is 0 Å². The lowest BCUT2D eigenvalue weighted by molar-refractivity contribution is -0.157. The number of fused-ring (bicyclic) bond motifs is 5. The Labute approximate surface area is 211 Å². The van der Waals surface area contributed by atoms with E-state index in [0.29, 0.717) is 30.9 Å². The lowest BCUT2D eigenvalue weighted by Gasteiger charge is -2.51. The van der Waals surface area contributed by atoms with Gasteiger partial charge in [0, 0.05) is 30.7 Å². The molecule has 6 atom stereocenters. The number of hydrogen-bond donors (Lipinski definition) is 1. The molecule has 35 heavy (non-hydrogen) atoms. The van der Waals surface area contributed by atoms with Crippen LogP contribution in [0.3, 0.4) is 0 Å². The van der Waals surface area contributed by atoms with Gasteiger partial charge >= 0.3 is 11.9 Å². The van der Waals surface area contributed by atoms with E-state index >= 15 is 0 Å². The van der Waals surface area contributed by atoms with E-state index in [4.69, 9.17) is 9.47 Å². The molecule has 0 bridgehead atoms. The second-order valence-corrected chi connectivity index (χ2v) is 11.5. The van der Waals surface area contributed by atoms with Gasteiger partial charge in [0.2, 0.25) is 0 Å². The van der Waals surface area contributed by atoms with Crippen molar-refractivity contribution < 1.29 is 24.2 Å². The largest absolute Gasteiger partial charge is 0.462 e. The van der Waals surface area contributed by atoms with Crippen LogP contribution in [0, 0.1) is 17.3 Å². The van der Waals surface area contributed by atoms with Crippen molar-refractivity contribution >= 4 is 11.9 Å². The standard InChI is InChI=1S/C30H44O5/c1-4-6-8-13-26(32)34-24-12-10-11-20-17-25(35-27(33)14-9-7-5-2)29-22(28(20)24)15-16-30(3)19-21(31)18-23(29)30/h10-12,21-23,25,29,31H,4-9,13-19H2,1-3H3/t21-,22-,23+,25?,29-,30-/m1/s1. The number of aliphatic hydroxyl groups is 1. The van der Waals surface area contributed by atoms with Crippen molar-refractivity contribution in [2.24, 2.45) is 17.3 Å². The first-order valence-electron chi connectivity index (χ1n) is 14.1. The third kappa shape index (κ3) is 5.76. The molecule has 2 saturated carbocycles. The lowest BCUT2D eigenvalue weighted by Crippen LogP contribution is -2.48. The van der Waals surface area contributed by atoms with Crippen LogP contribution in [0.4, 0.5) is 0 Å². The molecule has 5 nitrogen and oxygen atoms in total. The van der Waals surface area contributed by atoms with E-state index in [1.54, 1.807) is 0 Å². The summed E-state index contributed by atoms with van der Waals surface area (Å²) in [5, 5.41) is 10.6. The van der Waals surface area contributed by atoms with Crippen LogP contribution >= 0.6 is 0 Å². The van der Waals surface area contributed by atoms with Gasteiger partial charge in [-0.15, -0.1) is 0 Å². The predicted octanol–water partition coefficient (Wildman–Crippen LogP) is 6.49. The molecule has 194 valence electrons. The Balaban J connectivity index is 1.62. The number of carbonyl (C=O) groups is 2. The number of aliphatic hydroxyl groups excluding tert-OH is 1. The van der Waals surface area contributed by atoms with Gasteiger partial charge < -0.3 is 14.6 Å². The van der Waals surface area contributed by atoms with Crippen molar-refractivity contribution in [3.8, 4) is 5.75 Å². The second kappa shape index (κ2) is 11.5. The van der Waals surface area contributed by atoms with E-state index in [0.717, 1.165) is 75.3 Å². The maximum atomic E-state index is 12.8. The quantitative estimate of drug-likeness (QED) is 0.233. The Morgan fingerprint density at radius 3 is 2.49 bits per heavy atom. The monoisotopic (exact) mass is 484 g/mol. The fraction of sp³-hybridized carbons (Fsp3) is 0.733. The van der Waals surface area contributed by atoms with Gasteiger partial charge in [-0.3, -0.25) is 9.59 Å². The maximum absolute atomic E-state index is 12.8. The summed E-state index contributed by atoms with van der Waals surface area (Å²) in [7, 11) is 0. The Hall–Kier alpha value is -1.88. The zero-order valence-electron chi connectivity index (χ0n) is 21.9. The minimum absolute atomic E-state index is 0.0662. The number of carbonyl (C=O) groups excluding carboxylic acids is 2. The van der Waals surface area contributed by atoms with Crippen molar-refractivity contribution in [2.45, 2.75) is 122 Å². The van der Waals surface area contributed by atoms with Gasteiger partial charge in [0.05, 0.1) is 6.10 Å². The van der Waals surface area contributed by atoms with Crippen LogP contribution in [0.1, 0.15) is 115 Å². The summed E-state index contributed by atoms with van der Waals surface area (Å²) in [6.45, 7) is 6.57. The molecular weight excluding hydrogens is 440 g/mol. The molecule has 1 N–H and O–H groups in total. The summed E-state index contributed by atoms with van der Waals surface area (Å²) in [5.41, 5.74) is 2.35. The molecule has 0 saturated heterocycles. The highest BCUT2D eigenvalue weighted by atomic mass is 16.5. The molecule has 1 unspecified atom stereocenters. The third-order valence-electron chi connectivity index (χ3n) is 8.93. The van der Waals surface area contributed by atoms with Gasteiger partial charge in [0.1, 0.15) is 11.9 Å². The highest BCUT2D eigenvalue weighted by Gasteiger charge is 2.56. The first kappa shape index (κ1) is 26.2. The van der Waals surface area contributed by atoms with Crippen molar-refractivity contribution in [1.29, 1.82) is 0 Å². The number of ether oxygens (including phenoxy) is 2. The Bertz CT molecular complexity index is 895. The summed E-state index contributed by atoms with van der Waals surface area (Å²) >= 11 is 0. The van der Waals surface area contributed by atoms with Gasteiger partial charge in [0.25, 0.3) is 0 Å². The number of rotatable bonds is 10. The highest BCUT2D eigenvalue weighted by molar-refractivity contribution is 5.73. The first-order chi connectivity index (χ1) is 16.9. The number of benzene rings is 1. The summed E-state index contributed by atoms with van der Waals surface area (Å²) in [6.07, 6.45) is 10.6. The Morgan fingerprint density at radius 1 is 1.06 bits per heavy atom. The van der Waals surface area contributed by atoms with E-state index < -0.39 is 0 Å². The number of unbranched alkanes of at least 4 members (excludes halogenated alkanes) is 4. The smallest absolute Gasteiger partial charge is 0.311 e. The Kier molecular flexibility index (Phi) is 8.57. The van der Waals surface area contributed by atoms with Gasteiger partial charge in [-0.2, -0.15) is 0 Å². The van der Waals surface area contributed by atoms with E-state index in [2.05, 4.69) is 26.8 Å². The molecule has 1 aromatic carbocycles. The summed E-state index contributed by atoms with van der Waals surface area (Å²) in [4.78, 5) is 25.4. The van der Waals surface area contributed by atoms with Gasteiger partial charge in [-0.25, -0.2) is 0 Å². The average molecular weight is 485 g/mol. The van der Waals surface area contributed by atoms with E-state index in [9.17, 15) is 14.7 Å². The molecule has 5 heteroatoms. The van der Waals surface area contributed by atoms with Crippen LogP contribution in [0.5, 0.6) is 5.75 Å². The molecule has 0 radical (unpaired) electrons. The second-order valence-electron chi connectivity index (χ2n) is 11.5. The molecule has 0 heterocycles. The minimum Gasteiger partial charge on any atom is -0.462 e. The summed E-state index contributed by atoms with van der Waals surface area (Å²) in [5.74, 6) is 1.04. The number of esters is 2. The highest BCUT2D eigenvalue weighted by Crippen LogP contribution is 2.62. The molecule has 0 amide bonds. The van der Waals surface area contributed by atoms with Gasteiger partial charge in [0.15, 0.2) is 0 Å². The van der Waals surface area contributed by atoms with Crippen LogP contribution < -0.4 is 4.74 Å². The molecule has 4 rings (SSSR count). The normalized spacial score (nSPS) is 31.3. The van der Waals surface area contributed by atoms with Crippen molar-refractivity contribution in [3.63, 3.8) is 0 Å². The zero-order chi connectivity index (χ0) is 25.0. The van der Waals surface area contributed by atoms with Crippen LogP contribution in [-0.4, -0.2) is 29.3 Å². The molecule has 0 spiro atoms. The third-order valence-corrected chi connectivity index (χ3v) is 8.93. The van der Waals surface area contributed by atoms with Crippen LogP contribution in [0.15, 0.2) is 18.2 Å². The van der Waals surface area contributed by atoms with Gasteiger partial charge in [-0.1, -0.05) is 58.6 Å². The van der Waals surface area contributed by atoms with E-state index in [1.165, 1.54) is 0 Å². The summed E-state index contributed by atoms with van der Waals surface area (Å²) in [6, 6.07) is 6.00. The SMILES string of the molecule is CCCCCC(=O)Oc1cccc2c1[C@H]1CC[C@]3(C)C[C@H](O)C[C@H]3[C@@H]1C(OC(=O)CCCCC)C2. The van der Waals surface area contributed by atoms with E-state index in [-0.39, 0.29) is 41.4 Å². The fourth-order valence-electron chi connectivity index (χ4n) is 7.26. The molecule has 3 aliphatic carbocycles. The number of hydrogen-bond acceptors (Lipinski definition) is 5. The van der Waals surface area contributed by atoms with Crippen molar-refractivity contribution in [2.75, 3.05) is 0 Å². The van der Waals surface area contributed by atoms with Crippen LogP contribution in [0.2, 0.25) is 0 Å². The predicted molar refractivity (Wildman–Crippen MR) is 136 cm³/mol. The lowest BCUT2D eigenvalue weighted by atomic mass is 9.55. The topological polar surface area (TPSA) is 72.8 Å². The van der Waals surface area contributed by atoms with Gasteiger partial charge in [-0.05, 0) is 67.4 Å². The molecule has 1 aromatic rings. The molecule has 0 aromatic heterocycles. The van der Waals surface area contributed by atoms with Crippen molar-refractivity contribution in [3.05, 3.63) is 29.3 Å². The summed E-state index contributed by atoms with van der Waals surface area (Å²) < 4.78 is 12.2. The molecular formula is C30H44O5. The maximum Gasteiger partial charge on any atom is 0.311 e.